The van der Waals surface area contributed by atoms with Gasteiger partial charge in [0, 0.05) is 5.56 Å². The van der Waals surface area contributed by atoms with Crippen molar-refractivity contribution in [1.29, 1.82) is 0 Å². The molecule has 0 aliphatic heterocycles. The zero-order valence-electron chi connectivity index (χ0n) is 9.91. The molecule has 0 bridgehead atoms. The van der Waals surface area contributed by atoms with Crippen LogP contribution in [0.3, 0.4) is 0 Å². The van der Waals surface area contributed by atoms with Gasteiger partial charge in [0.1, 0.15) is 18.1 Å². The molecule has 2 rings (SSSR count). The smallest absolute Gasteiger partial charge is 0.416 e. The first kappa shape index (κ1) is 13.5. The predicted molar refractivity (Wildman–Crippen MR) is 62.4 cm³/mol. The summed E-state index contributed by atoms with van der Waals surface area (Å²) in [5, 5.41) is 0. The molecule has 0 fully saturated rings. The maximum atomic E-state index is 12.4. The van der Waals surface area contributed by atoms with E-state index in [9.17, 15) is 13.2 Å². The van der Waals surface area contributed by atoms with Crippen LogP contribution in [0.2, 0.25) is 0 Å². The summed E-state index contributed by atoms with van der Waals surface area (Å²) in [6, 6.07) is 6.24. The number of rotatable bonds is 4. The predicted octanol–water partition coefficient (Wildman–Crippen LogP) is 3.34. The Labute approximate surface area is 107 Å². The van der Waals surface area contributed by atoms with Gasteiger partial charge in [-0.3, -0.25) is 0 Å². The second-order valence-corrected chi connectivity index (χ2v) is 3.88. The van der Waals surface area contributed by atoms with Crippen LogP contribution in [0.5, 0.6) is 5.75 Å². The summed E-state index contributed by atoms with van der Waals surface area (Å²) in [5.41, 5.74) is 5.53. The first-order valence-electron chi connectivity index (χ1n) is 5.56. The number of alkyl halides is 3. The summed E-state index contributed by atoms with van der Waals surface area (Å²) in [5.74, 6) is 0.962. The standard InChI is InChI=1S/C13H12F3NO2/c14-13(15,16)10-1-3-11(4-2-10)19-8-9-5-6-18-12(9)7-17/h1-6H,7-8,17H2. The Hall–Kier alpha value is -1.95. The van der Waals surface area contributed by atoms with E-state index in [4.69, 9.17) is 14.9 Å². The average Bonchev–Trinajstić information content (AvgIpc) is 2.83. The van der Waals surface area contributed by atoms with Gasteiger partial charge in [0.15, 0.2) is 0 Å². The van der Waals surface area contributed by atoms with Crippen LogP contribution in [0.1, 0.15) is 16.9 Å². The number of halogens is 3. The first-order valence-corrected chi connectivity index (χ1v) is 5.56. The van der Waals surface area contributed by atoms with E-state index in [1.54, 1.807) is 6.07 Å². The van der Waals surface area contributed by atoms with Crippen LogP contribution < -0.4 is 10.5 Å². The quantitative estimate of drug-likeness (QED) is 0.927. The van der Waals surface area contributed by atoms with Crippen molar-refractivity contribution in [2.75, 3.05) is 0 Å². The minimum atomic E-state index is -4.34. The van der Waals surface area contributed by atoms with Crippen molar-refractivity contribution in [3.8, 4) is 5.75 Å². The third-order valence-corrected chi connectivity index (χ3v) is 2.60. The molecule has 0 aliphatic carbocycles. The van der Waals surface area contributed by atoms with E-state index in [1.165, 1.54) is 18.4 Å². The molecule has 1 aromatic carbocycles. The van der Waals surface area contributed by atoms with Crippen molar-refractivity contribution >= 4 is 0 Å². The van der Waals surface area contributed by atoms with Crippen LogP contribution in [0.4, 0.5) is 13.2 Å². The van der Waals surface area contributed by atoms with Crippen molar-refractivity contribution in [2.24, 2.45) is 5.73 Å². The summed E-state index contributed by atoms with van der Waals surface area (Å²) in [4.78, 5) is 0. The van der Waals surface area contributed by atoms with Crippen LogP contribution in [0, 0.1) is 0 Å². The largest absolute Gasteiger partial charge is 0.489 e. The number of ether oxygens (including phenoxy) is 1. The van der Waals surface area contributed by atoms with Gasteiger partial charge in [-0.1, -0.05) is 0 Å². The lowest BCUT2D eigenvalue weighted by Crippen LogP contribution is -2.05. The Morgan fingerprint density at radius 1 is 1.11 bits per heavy atom. The summed E-state index contributed by atoms with van der Waals surface area (Å²) in [7, 11) is 0. The summed E-state index contributed by atoms with van der Waals surface area (Å²) in [6.45, 7) is 0.451. The Bertz CT molecular complexity index is 532. The van der Waals surface area contributed by atoms with Crippen molar-refractivity contribution in [2.45, 2.75) is 19.3 Å². The molecule has 0 saturated carbocycles. The SMILES string of the molecule is NCc1occc1COc1ccc(C(F)(F)F)cc1. The molecule has 0 saturated heterocycles. The Balaban J connectivity index is 2.01. The molecule has 6 heteroatoms. The van der Waals surface area contributed by atoms with Crippen LogP contribution in [-0.4, -0.2) is 0 Å². The first-order chi connectivity index (χ1) is 9.00. The highest BCUT2D eigenvalue weighted by molar-refractivity contribution is 5.29. The number of furan rings is 1. The fourth-order valence-corrected chi connectivity index (χ4v) is 1.58. The fraction of sp³-hybridized carbons (Fsp3) is 0.231. The van der Waals surface area contributed by atoms with Gasteiger partial charge in [0.05, 0.1) is 18.4 Å². The fourth-order valence-electron chi connectivity index (χ4n) is 1.58. The van der Waals surface area contributed by atoms with Crippen molar-refractivity contribution in [3.63, 3.8) is 0 Å². The Kier molecular flexibility index (Phi) is 3.80. The molecule has 0 radical (unpaired) electrons. The van der Waals surface area contributed by atoms with Gasteiger partial charge in [-0.25, -0.2) is 0 Å². The Morgan fingerprint density at radius 3 is 2.37 bits per heavy atom. The molecule has 2 N–H and O–H groups in total. The highest BCUT2D eigenvalue weighted by Gasteiger charge is 2.29. The molecule has 19 heavy (non-hydrogen) atoms. The van der Waals surface area contributed by atoms with E-state index in [0.29, 0.717) is 11.5 Å². The molecule has 0 unspecified atom stereocenters. The number of benzene rings is 1. The van der Waals surface area contributed by atoms with Gasteiger partial charge in [-0.05, 0) is 30.3 Å². The maximum absolute atomic E-state index is 12.4. The second kappa shape index (κ2) is 5.36. The summed E-state index contributed by atoms with van der Waals surface area (Å²) < 4.78 is 47.6. The van der Waals surface area contributed by atoms with E-state index in [1.807, 2.05) is 0 Å². The van der Waals surface area contributed by atoms with E-state index >= 15 is 0 Å². The lowest BCUT2D eigenvalue weighted by Gasteiger charge is -2.09. The van der Waals surface area contributed by atoms with Crippen LogP contribution in [-0.2, 0) is 19.3 Å². The van der Waals surface area contributed by atoms with Gasteiger partial charge < -0.3 is 14.9 Å². The van der Waals surface area contributed by atoms with E-state index < -0.39 is 11.7 Å². The highest BCUT2D eigenvalue weighted by atomic mass is 19.4. The van der Waals surface area contributed by atoms with Gasteiger partial charge in [0.25, 0.3) is 0 Å². The van der Waals surface area contributed by atoms with E-state index in [0.717, 1.165) is 17.7 Å². The second-order valence-electron chi connectivity index (χ2n) is 3.88. The van der Waals surface area contributed by atoms with Gasteiger partial charge in [-0.15, -0.1) is 0 Å². The third-order valence-electron chi connectivity index (χ3n) is 2.60. The highest BCUT2D eigenvalue weighted by Crippen LogP contribution is 2.30. The third kappa shape index (κ3) is 3.29. The minimum Gasteiger partial charge on any atom is -0.489 e. The number of nitrogens with two attached hydrogens (primary N) is 1. The van der Waals surface area contributed by atoms with Gasteiger partial charge in [-0.2, -0.15) is 13.2 Å². The Morgan fingerprint density at radius 2 is 1.79 bits per heavy atom. The molecule has 1 aromatic heterocycles. The van der Waals surface area contributed by atoms with E-state index in [2.05, 4.69) is 0 Å². The topological polar surface area (TPSA) is 48.4 Å². The zero-order valence-corrected chi connectivity index (χ0v) is 9.91. The van der Waals surface area contributed by atoms with Crippen molar-refractivity contribution in [1.82, 2.24) is 0 Å². The summed E-state index contributed by atoms with van der Waals surface area (Å²) in [6.07, 6.45) is -2.84. The molecule has 0 amide bonds. The zero-order chi connectivity index (χ0) is 13.9. The van der Waals surface area contributed by atoms with Crippen molar-refractivity contribution < 1.29 is 22.3 Å². The molecule has 3 nitrogen and oxygen atoms in total. The number of hydrogen-bond acceptors (Lipinski definition) is 3. The normalized spacial score (nSPS) is 11.6. The molecular formula is C13H12F3NO2. The lowest BCUT2D eigenvalue weighted by molar-refractivity contribution is -0.137. The monoisotopic (exact) mass is 271 g/mol. The molecular weight excluding hydrogens is 259 g/mol. The average molecular weight is 271 g/mol. The van der Waals surface area contributed by atoms with Gasteiger partial charge in [0.2, 0.25) is 0 Å². The van der Waals surface area contributed by atoms with E-state index in [-0.39, 0.29) is 13.2 Å². The molecule has 102 valence electrons. The van der Waals surface area contributed by atoms with Gasteiger partial charge >= 0.3 is 6.18 Å². The van der Waals surface area contributed by atoms with Crippen LogP contribution in [0.25, 0.3) is 0 Å². The molecule has 1 heterocycles. The van der Waals surface area contributed by atoms with Crippen molar-refractivity contribution in [3.05, 3.63) is 53.5 Å². The molecule has 0 aliphatic rings. The number of hydrogen-bond donors (Lipinski definition) is 1. The molecule has 0 spiro atoms. The van der Waals surface area contributed by atoms with Crippen LogP contribution in [0.15, 0.2) is 41.0 Å². The molecule has 0 atom stereocenters. The lowest BCUT2D eigenvalue weighted by atomic mass is 10.2. The summed E-state index contributed by atoms with van der Waals surface area (Å²) >= 11 is 0. The maximum Gasteiger partial charge on any atom is 0.416 e. The minimum absolute atomic E-state index is 0.203. The van der Waals surface area contributed by atoms with Crippen LogP contribution >= 0.6 is 0 Å². The molecule has 2 aromatic rings.